The number of rotatable bonds is 0. The molecule has 1 aromatic heterocycles. The Bertz CT molecular complexity index is 427. The van der Waals surface area contributed by atoms with Gasteiger partial charge in [-0.05, 0) is 29.5 Å². The van der Waals surface area contributed by atoms with Gasteiger partial charge >= 0.3 is 0 Å². The van der Waals surface area contributed by atoms with Gasteiger partial charge in [0.15, 0.2) is 0 Å². The van der Waals surface area contributed by atoms with Gasteiger partial charge in [-0.2, -0.15) is 0 Å². The molecular formula is C18H31N. The van der Waals surface area contributed by atoms with Crippen LogP contribution in [0.2, 0.25) is 0 Å². The van der Waals surface area contributed by atoms with Crippen molar-refractivity contribution >= 4 is 0 Å². The molecule has 0 spiro atoms. The Labute approximate surface area is 119 Å². The van der Waals surface area contributed by atoms with Crippen LogP contribution in [0, 0.1) is 6.92 Å². The Morgan fingerprint density at radius 1 is 0.737 bits per heavy atom. The molecule has 0 aliphatic heterocycles. The standard InChI is InChI=1S/C18H31N/c1-12-13(16(2,3)4)11-14(17(5,6)7)19-15(12)18(8,9)10/h11H,1-10H3. The van der Waals surface area contributed by atoms with Crippen LogP contribution in [0.1, 0.15) is 84.8 Å². The molecule has 0 N–H and O–H groups in total. The maximum atomic E-state index is 4.99. The second-order valence-corrected chi connectivity index (χ2v) is 8.78. The van der Waals surface area contributed by atoms with Crippen LogP contribution in [0.5, 0.6) is 0 Å². The van der Waals surface area contributed by atoms with Gasteiger partial charge in [0.2, 0.25) is 0 Å². The van der Waals surface area contributed by atoms with Gasteiger partial charge in [-0.25, -0.2) is 0 Å². The van der Waals surface area contributed by atoms with E-state index in [0.717, 1.165) is 0 Å². The van der Waals surface area contributed by atoms with Crippen molar-refractivity contribution in [2.45, 2.75) is 85.5 Å². The number of hydrogen-bond acceptors (Lipinski definition) is 1. The number of aromatic nitrogens is 1. The predicted octanol–water partition coefficient (Wildman–Crippen LogP) is 5.28. The molecule has 1 nitrogen and oxygen atoms in total. The minimum Gasteiger partial charge on any atom is -0.256 e. The molecule has 1 aromatic rings. The highest BCUT2D eigenvalue weighted by atomic mass is 14.8. The lowest BCUT2D eigenvalue weighted by molar-refractivity contribution is 0.512. The third kappa shape index (κ3) is 3.58. The van der Waals surface area contributed by atoms with E-state index in [-0.39, 0.29) is 16.2 Å². The van der Waals surface area contributed by atoms with Gasteiger partial charge in [0.05, 0.1) is 0 Å². The molecule has 0 saturated heterocycles. The summed E-state index contributed by atoms with van der Waals surface area (Å²) in [6.07, 6.45) is 0. The Balaban J connectivity index is 3.68. The Kier molecular flexibility index (Phi) is 3.93. The Hall–Kier alpha value is -0.850. The SMILES string of the molecule is Cc1c(C(C)(C)C)cc(C(C)(C)C)nc1C(C)(C)C. The summed E-state index contributed by atoms with van der Waals surface area (Å²) in [4.78, 5) is 4.99. The van der Waals surface area contributed by atoms with E-state index in [1.807, 2.05) is 0 Å². The molecule has 0 aliphatic rings. The molecule has 1 heterocycles. The van der Waals surface area contributed by atoms with Crippen molar-refractivity contribution in [1.29, 1.82) is 0 Å². The van der Waals surface area contributed by atoms with Crippen molar-refractivity contribution in [2.24, 2.45) is 0 Å². The molecule has 0 bridgehead atoms. The third-order valence-corrected chi connectivity index (χ3v) is 3.56. The van der Waals surface area contributed by atoms with Gasteiger partial charge in [0.1, 0.15) is 0 Å². The van der Waals surface area contributed by atoms with E-state index in [0.29, 0.717) is 0 Å². The van der Waals surface area contributed by atoms with E-state index in [4.69, 9.17) is 4.98 Å². The molecule has 0 radical (unpaired) electrons. The first-order valence-corrected chi connectivity index (χ1v) is 7.27. The fourth-order valence-electron chi connectivity index (χ4n) is 2.50. The van der Waals surface area contributed by atoms with Crippen LogP contribution in [0.3, 0.4) is 0 Å². The van der Waals surface area contributed by atoms with Crippen molar-refractivity contribution in [2.75, 3.05) is 0 Å². The molecule has 0 atom stereocenters. The van der Waals surface area contributed by atoms with Crippen LogP contribution >= 0.6 is 0 Å². The molecule has 0 aromatic carbocycles. The number of nitrogens with zero attached hydrogens (tertiary/aromatic N) is 1. The quantitative estimate of drug-likeness (QED) is 0.619. The molecule has 1 heteroatoms. The minimum absolute atomic E-state index is 0.0886. The summed E-state index contributed by atoms with van der Waals surface area (Å²) in [6, 6.07) is 2.31. The third-order valence-electron chi connectivity index (χ3n) is 3.56. The van der Waals surface area contributed by atoms with E-state index in [2.05, 4.69) is 75.3 Å². The molecule has 1 rings (SSSR count). The van der Waals surface area contributed by atoms with Crippen molar-refractivity contribution in [1.82, 2.24) is 4.98 Å². The normalized spacial score (nSPS) is 13.8. The fraction of sp³-hybridized carbons (Fsp3) is 0.722. The van der Waals surface area contributed by atoms with E-state index >= 15 is 0 Å². The zero-order chi connectivity index (χ0) is 15.2. The van der Waals surface area contributed by atoms with Gasteiger partial charge in [-0.1, -0.05) is 62.3 Å². The average molecular weight is 261 g/mol. The van der Waals surface area contributed by atoms with Crippen LogP contribution in [0.4, 0.5) is 0 Å². The van der Waals surface area contributed by atoms with E-state index in [1.54, 1.807) is 0 Å². The van der Waals surface area contributed by atoms with E-state index in [9.17, 15) is 0 Å². The Morgan fingerprint density at radius 2 is 1.21 bits per heavy atom. The number of hydrogen-bond donors (Lipinski definition) is 0. The molecule has 0 saturated carbocycles. The van der Waals surface area contributed by atoms with Crippen LogP contribution in [0.15, 0.2) is 6.07 Å². The van der Waals surface area contributed by atoms with Crippen molar-refractivity contribution in [3.05, 3.63) is 28.6 Å². The van der Waals surface area contributed by atoms with Gasteiger partial charge < -0.3 is 0 Å². The lowest BCUT2D eigenvalue weighted by Crippen LogP contribution is -2.25. The molecule has 0 fully saturated rings. The summed E-state index contributed by atoms with van der Waals surface area (Å²) in [5.74, 6) is 0. The van der Waals surface area contributed by atoms with Crippen molar-refractivity contribution in [3.63, 3.8) is 0 Å². The predicted molar refractivity (Wildman–Crippen MR) is 85.1 cm³/mol. The number of pyridine rings is 1. The maximum absolute atomic E-state index is 4.99. The lowest BCUT2D eigenvalue weighted by Gasteiger charge is -2.31. The summed E-state index contributed by atoms with van der Waals surface area (Å²) < 4.78 is 0. The molecule has 19 heavy (non-hydrogen) atoms. The minimum atomic E-state index is 0.0886. The topological polar surface area (TPSA) is 12.9 Å². The monoisotopic (exact) mass is 261 g/mol. The van der Waals surface area contributed by atoms with Crippen LogP contribution in [0.25, 0.3) is 0 Å². The highest BCUT2D eigenvalue weighted by Crippen LogP contribution is 2.35. The van der Waals surface area contributed by atoms with E-state index in [1.165, 1.54) is 22.5 Å². The van der Waals surface area contributed by atoms with Crippen molar-refractivity contribution in [3.8, 4) is 0 Å². The van der Waals surface area contributed by atoms with E-state index < -0.39 is 0 Å². The summed E-state index contributed by atoms with van der Waals surface area (Å²) in [7, 11) is 0. The molecule has 108 valence electrons. The van der Waals surface area contributed by atoms with Crippen LogP contribution in [-0.2, 0) is 16.2 Å². The smallest absolute Gasteiger partial charge is 0.0492 e. The van der Waals surface area contributed by atoms with Gasteiger partial charge in [-0.15, -0.1) is 0 Å². The van der Waals surface area contributed by atoms with Crippen LogP contribution in [-0.4, -0.2) is 4.98 Å². The molecule has 0 aliphatic carbocycles. The molecule has 0 unspecified atom stereocenters. The summed E-state index contributed by atoms with van der Waals surface area (Å²) in [5.41, 5.74) is 5.56. The largest absolute Gasteiger partial charge is 0.256 e. The van der Waals surface area contributed by atoms with Crippen LogP contribution < -0.4 is 0 Å². The maximum Gasteiger partial charge on any atom is 0.0492 e. The highest BCUT2D eigenvalue weighted by Gasteiger charge is 2.28. The van der Waals surface area contributed by atoms with Gasteiger partial charge in [0, 0.05) is 22.2 Å². The van der Waals surface area contributed by atoms with Gasteiger partial charge in [-0.3, -0.25) is 4.98 Å². The second kappa shape index (κ2) is 4.61. The lowest BCUT2D eigenvalue weighted by atomic mass is 9.77. The second-order valence-electron chi connectivity index (χ2n) is 8.78. The first-order chi connectivity index (χ1) is 8.24. The summed E-state index contributed by atoms with van der Waals surface area (Å²) in [5, 5.41) is 0. The average Bonchev–Trinajstić information content (AvgIpc) is 2.11. The van der Waals surface area contributed by atoms with Crippen molar-refractivity contribution < 1.29 is 0 Å². The Morgan fingerprint density at radius 3 is 1.53 bits per heavy atom. The zero-order valence-corrected chi connectivity index (χ0v) is 14.5. The first kappa shape index (κ1) is 16.2. The van der Waals surface area contributed by atoms with Gasteiger partial charge in [0.25, 0.3) is 0 Å². The zero-order valence-electron chi connectivity index (χ0n) is 14.5. The fourth-order valence-corrected chi connectivity index (χ4v) is 2.50. The molecular weight excluding hydrogens is 230 g/mol. The highest BCUT2D eigenvalue weighted by molar-refractivity contribution is 5.40. The summed E-state index contributed by atoms with van der Waals surface area (Å²) >= 11 is 0. The first-order valence-electron chi connectivity index (χ1n) is 7.27. The molecule has 0 amide bonds. The summed E-state index contributed by atoms with van der Waals surface area (Å²) in [6.45, 7) is 22.6.